The van der Waals surface area contributed by atoms with Gasteiger partial charge < -0.3 is 10.3 Å². The smallest absolute Gasteiger partial charge is 0.261 e. The van der Waals surface area contributed by atoms with Gasteiger partial charge >= 0.3 is 0 Å². The summed E-state index contributed by atoms with van der Waals surface area (Å²) in [6.45, 7) is 1.71. The quantitative estimate of drug-likeness (QED) is 0.888. The highest BCUT2D eigenvalue weighted by atomic mass is 35.5. The first-order valence-corrected chi connectivity index (χ1v) is 5.81. The average Bonchev–Trinajstić information content (AvgIpc) is 2.32. The maximum Gasteiger partial charge on any atom is 0.261 e. The number of carbonyl (C=O) groups excluding carboxylic acids is 1. The normalized spacial score (nSPS) is 10.3. The van der Waals surface area contributed by atoms with Gasteiger partial charge in [-0.2, -0.15) is 0 Å². The summed E-state index contributed by atoms with van der Waals surface area (Å²) >= 11 is 5.79. The minimum Gasteiger partial charge on any atom is -0.364 e. The summed E-state index contributed by atoms with van der Waals surface area (Å²) in [6, 6.07) is 4.90. The number of aryl methyl sites for hydroxylation is 1. The Kier molecular flexibility index (Phi) is 3.66. The van der Waals surface area contributed by atoms with E-state index >= 15 is 0 Å². The molecule has 0 aliphatic carbocycles. The number of hydrogen-bond acceptors (Lipinski definition) is 2. The van der Waals surface area contributed by atoms with Gasteiger partial charge in [0.05, 0.1) is 10.7 Å². The van der Waals surface area contributed by atoms with Crippen LogP contribution in [-0.2, 0) is 0 Å². The number of pyridine rings is 1. The minimum atomic E-state index is -0.602. The molecule has 1 aromatic carbocycles. The van der Waals surface area contributed by atoms with Crippen LogP contribution in [0.3, 0.4) is 0 Å². The van der Waals surface area contributed by atoms with Crippen molar-refractivity contribution in [3.63, 3.8) is 0 Å². The van der Waals surface area contributed by atoms with Crippen LogP contribution in [0.15, 0.2) is 35.3 Å². The number of rotatable bonds is 2. The molecule has 2 aromatic rings. The monoisotopic (exact) mass is 280 g/mol. The van der Waals surface area contributed by atoms with E-state index in [-0.39, 0.29) is 16.3 Å². The Balaban J connectivity index is 2.28. The molecule has 0 unspecified atom stereocenters. The number of hydrogen-bond donors (Lipinski definition) is 2. The van der Waals surface area contributed by atoms with E-state index in [1.165, 1.54) is 24.4 Å². The second-order valence-corrected chi connectivity index (χ2v) is 4.38. The summed E-state index contributed by atoms with van der Waals surface area (Å²) in [5, 5.41) is 2.52. The predicted octanol–water partition coefficient (Wildman–Crippen LogP) is 2.73. The maximum atomic E-state index is 12.9. The van der Waals surface area contributed by atoms with E-state index in [1.807, 2.05) is 0 Å². The Hall–Kier alpha value is -2.14. The maximum absolute atomic E-state index is 12.9. The molecule has 1 heterocycles. The number of halogens is 2. The van der Waals surface area contributed by atoms with Crippen molar-refractivity contribution in [3.05, 3.63) is 62.8 Å². The number of aromatic amines is 1. The Labute approximate surface area is 113 Å². The molecule has 0 radical (unpaired) electrons. The Morgan fingerprint density at radius 2 is 2.11 bits per heavy atom. The number of H-pyrrole nitrogens is 1. The number of aromatic nitrogens is 1. The largest absolute Gasteiger partial charge is 0.364 e. The summed E-state index contributed by atoms with van der Waals surface area (Å²) in [6.07, 6.45) is 1.32. The zero-order chi connectivity index (χ0) is 14.0. The van der Waals surface area contributed by atoms with E-state index < -0.39 is 17.2 Å². The minimum absolute atomic E-state index is 0.0361. The highest BCUT2D eigenvalue weighted by Gasteiger charge is 2.12. The summed E-state index contributed by atoms with van der Waals surface area (Å²) in [4.78, 5) is 26.3. The lowest BCUT2D eigenvalue weighted by atomic mass is 10.2. The molecule has 0 atom stereocenters. The number of amides is 1. The van der Waals surface area contributed by atoms with Gasteiger partial charge in [0.25, 0.3) is 5.91 Å². The summed E-state index contributed by atoms with van der Waals surface area (Å²) < 4.78 is 12.9. The molecule has 6 heteroatoms. The molecule has 19 heavy (non-hydrogen) atoms. The molecule has 0 aliphatic rings. The molecule has 4 nitrogen and oxygen atoms in total. The van der Waals surface area contributed by atoms with Crippen molar-refractivity contribution in [2.75, 3.05) is 5.32 Å². The lowest BCUT2D eigenvalue weighted by molar-refractivity contribution is 0.102. The number of nitrogens with one attached hydrogen (secondary N) is 2. The fraction of sp³-hybridized carbons (Fsp3) is 0.0769. The molecule has 0 spiro atoms. The topological polar surface area (TPSA) is 62.0 Å². The summed E-state index contributed by atoms with van der Waals surface area (Å²) in [5.74, 6) is -1.11. The third-order valence-corrected chi connectivity index (χ3v) is 2.79. The molecule has 98 valence electrons. The molecule has 1 aromatic heterocycles. The van der Waals surface area contributed by atoms with Crippen LogP contribution >= 0.6 is 11.6 Å². The first kappa shape index (κ1) is 13.3. The van der Waals surface area contributed by atoms with E-state index in [4.69, 9.17) is 11.6 Å². The fourth-order valence-corrected chi connectivity index (χ4v) is 1.75. The van der Waals surface area contributed by atoms with Crippen LogP contribution in [0.1, 0.15) is 16.1 Å². The van der Waals surface area contributed by atoms with E-state index in [1.54, 1.807) is 6.92 Å². The van der Waals surface area contributed by atoms with Crippen molar-refractivity contribution >= 4 is 23.2 Å². The summed E-state index contributed by atoms with van der Waals surface area (Å²) in [5.41, 5.74) is 0.465. The second kappa shape index (κ2) is 5.24. The molecular formula is C13H10ClFN2O2. The van der Waals surface area contributed by atoms with Crippen LogP contribution in [0.2, 0.25) is 5.02 Å². The molecular weight excluding hydrogens is 271 g/mol. The molecule has 0 fully saturated rings. The van der Waals surface area contributed by atoms with Crippen LogP contribution in [0, 0.1) is 12.7 Å². The molecule has 0 aliphatic heterocycles. The van der Waals surface area contributed by atoms with Gasteiger partial charge in [-0.25, -0.2) is 4.39 Å². The molecule has 0 saturated heterocycles. The highest BCUT2D eigenvalue weighted by molar-refractivity contribution is 6.33. The zero-order valence-corrected chi connectivity index (χ0v) is 10.7. The summed E-state index contributed by atoms with van der Waals surface area (Å²) in [7, 11) is 0. The highest BCUT2D eigenvalue weighted by Crippen LogP contribution is 2.22. The first-order chi connectivity index (χ1) is 8.97. The van der Waals surface area contributed by atoms with Crippen molar-refractivity contribution in [2.24, 2.45) is 0 Å². The van der Waals surface area contributed by atoms with E-state index in [0.29, 0.717) is 5.69 Å². The van der Waals surface area contributed by atoms with Crippen molar-refractivity contribution in [2.45, 2.75) is 6.92 Å². The van der Waals surface area contributed by atoms with Gasteiger partial charge in [-0.1, -0.05) is 11.6 Å². The van der Waals surface area contributed by atoms with Gasteiger partial charge in [0.15, 0.2) is 5.43 Å². The van der Waals surface area contributed by atoms with Gasteiger partial charge in [-0.15, -0.1) is 0 Å². The van der Waals surface area contributed by atoms with Crippen LogP contribution in [0.25, 0.3) is 0 Å². The van der Waals surface area contributed by atoms with E-state index in [9.17, 15) is 14.0 Å². The van der Waals surface area contributed by atoms with Gasteiger partial charge in [0.1, 0.15) is 11.4 Å². The van der Waals surface area contributed by atoms with Crippen molar-refractivity contribution in [1.29, 1.82) is 0 Å². The molecule has 1 amide bonds. The standard InChI is InChI=1S/C13H10ClFN2O2/c1-7-4-12(18)9(6-16-7)13(19)17-11-3-2-8(15)5-10(11)14/h2-6H,1H3,(H,16,18)(H,17,19). The molecule has 2 rings (SSSR count). The Morgan fingerprint density at radius 1 is 1.37 bits per heavy atom. The molecule has 0 bridgehead atoms. The number of carbonyl (C=O) groups is 1. The third kappa shape index (κ3) is 3.00. The van der Waals surface area contributed by atoms with Crippen molar-refractivity contribution < 1.29 is 9.18 Å². The van der Waals surface area contributed by atoms with Crippen molar-refractivity contribution in [1.82, 2.24) is 4.98 Å². The lowest BCUT2D eigenvalue weighted by Crippen LogP contribution is -2.21. The average molecular weight is 281 g/mol. The fourth-order valence-electron chi connectivity index (χ4n) is 1.53. The van der Waals surface area contributed by atoms with Crippen LogP contribution < -0.4 is 10.7 Å². The number of anilines is 1. The van der Waals surface area contributed by atoms with Gasteiger partial charge in [-0.3, -0.25) is 9.59 Å². The van der Waals surface area contributed by atoms with E-state index in [0.717, 1.165) is 6.07 Å². The van der Waals surface area contributed by atoms with E-state index in [2.05, 4.69) is 10.3 Å². The Bertz CT molecular complexity index is 697. The third-order valence-electron chi connectivity index (χ3n) is 2.48. The van der Waals surface area contributed by atoms with Gasteiger partial charge in [0.2, 0.25) is 0 Å². The number of benzene rings is 1. The van der Waals surface area contributed by atoms with Crippen molar-refractivity contribution in [3.8, 4) is 0 Å². The van der Waals surface area contributed by atoms with Gasteiger partial charge in [-0.05, 0) is 25.1 Å². The molecule has 0 saturated carbocycles. The van der Waals surface area contributed by atoms with Crippen LogP contribution in [0.4, 0.5) is 10.1 Å². The first-order valence-electron chi connectivity index (χ1n) is 5.43. The molecule has 2 N–H and O–H groups in total. The lowest BCUT2D eigenvalue weighted by Gasteiger charge is -2.07. The predicted molar refractivity (Wildman–Crippen MR) is 71.2 cm³/mol. The Morgan fingerprint density at radius 3 is 2.74 bits per heavy atom. The SMILES string of the molecule is Cc1cc(=O)c(C(=O)Nc2ccc(F)cc2Cl)c[nH]1. The van der Waals surface area contributed by atoms with Crippen LogP contribution in [-0.4, -0.2) is 10.9 Å². The second-order valence-electron chi connectivity index (χ2n) is 3.97. The van der Waals surface area contributed by atoms with Gasteiger partial charge in [0, 0.05) is 18.0 Å². The zero-order valence-electron chi connectivity index (χ0n) is 9.96. The van der Waals surface area contributed by atoms with Crippen LogP contribution in [0.5, 0.6) is 0 Å².